The topological polar surface area (TPSA) is 57.0 Å². The molecular formula is C42H44N2O3. The average molecular weight is 625 g/mol. The summed E-state index contributed by atoms with van der Waals surface area (Å²) in [6, 6.07) is 8.85. The Morgan fingerprint density at radius 3 is 2.70 bits per heavy atom. The molecule has 0 amide bonds. The van der Waals surface area contributed by atoms with Gasteiger partial charge in [0.2, 0.25) is 0 Å². The van der Waals surface area contributed by atoms with Crippen molar-refractivity contribution in [1.29, 1.82) is 0 Å². The minimum absolute atomic E-state index is 0.00943. The number of allylic oxidation sites excluding steroid dienone is 11. The number of hydrogen-bond acceptors (Lipinski definition) is 5. The molecule has 0 aromatic heterocycles. The minimum atomic E-state index is -0.243. The van der Waals surface area contributed by atoms with Gasteiger partial charge in [-0.05, 0) is 74.5 Å². The summed E-state index contributed by atoms with van der Waals surface area (Å²) in [6.45, 7) is 2.00. The molecule has 1 saturated heterocycles. The van der Waals surface area contributed by atoms with Gasteiger partial charge in [-0.1, -0.05) is 85.0 Å². The number of para-hydroxylation sites is 1. The second-order valence-corrected chi connectivity index (χ2v) is 14.1. The highest BCUT2D eigenvalue weighted by atomic mass is 16.5. The molecule has 0 saturated carbocycles. The number of nitrogens with two attached hydrogens (primary N) is 1. The maximum absolute atomic E-state index is 7.06. The molecule has 8 aliphatic rings. The predicted octanol–water partition coefficient (Wildman–Crippen LogP) is 8.35. The lowest BCUT2D eigenvalue weighted by Gasteiger charge is -2.61. The van der Waals surface area contributed by atoms with Crippen molar-refractivity contribution in [2.24, 2.45) is 23.5 Å². The van der Waals surface area contributed by atoms with Crippen molar-refractivity contribution in [3.05, 3.63) is 149 Å². The standard InChI is InChI=1S/C42H44N2O3/c1-2-12-38-41(43)44(34-17-8-11-20-37(34)47-38)29-22-24-33-40(26-29)46-36-19-10-7-16-31(36)42(33)30-15-6-9-18-35(30)45-39-25-28(21-23-32(39)42)27-13-4-3-5-14-27/h2,6-10,12-13,15-19,21-25,29-30,32-33,35,39-40H,3-5,11,14,20,26,43H2,1H3/b12-2-. The molecule has 47 heavy (non-hydrogen) atoms. The van der Waals surface area contributed by atoms with E-state index in [9.17, 15) is 0 Å². The van der Waals surface area contributed by atoms with Crippen LogP contribution < -0.4 is 10.5 Å². The molecular weight excluding hydrogens is 580 g/mol. The highest BCUT2D eigenvalue weighted by Gasteiger charge is 2.63. The van der Waals surface area contributed by atoms with Crippen molar-refractivity contribution in [2.75, 3.05) is 0 Å². The van der Waals surface area contributed by atoms with Crippen LogP contribution in [0.2, 0.25) is 0 Å². The summed E-state index contributed by atoms with van der Waals surface area (Å²) >= 11 is 0. The monoisotopic (exact) mass is 624 g/mol. The predicted molar refractivity (Wildman–Crippen MR) is 186 cm³/mol. The fourth-order valence-electron chi connectivity index (χ4n) is 9.77. The fourth-order valence-corrected chi connectivity index (χ4v) is 9.77. The van der Waals surface area contributed by atoms with Crippen molar-refractivity contribution < 1.29 is 14.2 Å². The Morgan fingerprint density at radius 1 is 0.915 bits per heavy atom. The van der Waals surface area contributed by atoms with Crippen molar-refractivity contribution in [3.63, 3.8) is 0 Å². The lowest BCUT2D eigenvalue weighted by Crippen LogP contribution is -2.65. The van der Waals surface area contributed by atoms with E-state index in [4.69, 9.17) is 19.9 Å². The van der Waals surface area contributed by atoms with Gasteiger partial charge >= 0.3 is 0 Å². The van der Waals surface area contributed by atoms with E-state index in [-0.39, 0.29) is 47.5 Å². The minimum Gasteiger partial charge on any atom is -0.489 e. The van der Waals surface area contributed by atoms with Gasteiger partial charge in [0.25, 0.3) is 0 Å². The van der Waals surface area contributed by atoms with E-state index in [2.05, 4.69) is 102 Å². The van der Waals surface area contributed by atoms with Crippen LogP contribution in [0.25, 0.3) is 0 Å². The molecule has 240 valence electrons. The molecule has 8 atom stereocenters. The number of rotatable bonds is 3. The van der Waals surface area contributed by atoms with Gasteiger partial charge < -0.3 is 24.8 Å². The van der Waals surface area contributed by atoms with E-state index in [0.717, 1.165) is 48.6 Å². The molecule has 1 fully saturated rings. The van der Waals surface area contributed by atoms with Crippen LogP contribution in [0.4, 0.5) is 0 Å². The first kappa shape index (κ1) is 29.0. The number of hydrogen-bond donors (Lipinski definition) is 1. The summed E-state index contributed by atoms with van der Waals surface area (Å²) in [5, 5.41) is 0. The van der Waals surface area contributed by atoms with Gasteiger partial charge in [-0.3, -0.25) is 0 Å². The van der Waals surface area contributed by atoms with Gasteiger partial charge in [0, 0.05) is 41.6 Å². The van der Waals surface area contributed by atoms with Crippen molar-refractivity contribution in [1.82, 2.24) is 4.90 Å². The fraction of sp³-hybridized carbons (Fsp3) is 0.381. The first-order chi connectivity index (χ1) is 23.2. The largest absolute Gasteiger partial charge is 0.489 e. The first-order valence-electron chi connectivity index (χ1n) is 17.7. The molecule has 5 heteroatoms. The maximum Gasteiger partial charge on any atom is 0.166 e. The van der Waals surface area contributed by atoms with Crippen LogP contribution in [0.1, 0.15) is 57.4 Å². The van der Waals surface area contributed by atoms with Crippen LogP contribution in [0.3, 0.4) is 0 Å². The molecule has 0 radical (unpaired) electrons. The average Bonchev–Trinajstić information content (AvgIpc) is 3.12. The lowest BCUT2D eigenvalue weighted by molar-refractivity contribution is -0.128. The van der Waals surface area contributed by atoms with E-state index in [0.29, 0.717) is 5.82 Å². The van der Waals surface area contributed by atoms with Crippen LogP contribution in [0.15, 0.2) is 144 Å². The van der Waals surface area contributed by atoms with Crippen LogP contribution in [0.5, 0.6) is 5.75 Å². The van der Waals surface area contributed by atoms with Crippen molar-refractivity contribution >= 4 is 0 Å². The highest BCUT2D eigenvalue weighted by molar-refractivity contribution is 5.53. The zero-order chi connectivity index (χ0) is 31.5. The zero-order valence-corrected chi connectivity index (χ0v) is 27.1. The summed E-state index contributed by atoms with van der Waals surface area (Å²) in [5.74, 6) is 3.86. The molecule has 1 aromatic carbocycles. The second-order valence-electron chi connectivity index (χ2n) is 14.1. The van der Waals surface area contributed by atoms with Gasteiger partial charge in [0.05, 0.1) is 23.9 Å². The molecule has 3 aliphatic heterocycles. The molecule has 1 spiro atoms. The summed E-state index contributed by atoms with van der Waals surface area (Å²) in [6.07, 6.45) is 39.6. The van der Waals surface area contributed by atoms with Crippen LogP contribution in [0, 0.1) is 17.8 Å². The SMILES string of the molecule is C/C=C\C1=C(N)N(C2C=CC3C(C2)Oc2ccccc2C32C3C=CC=CC3OC3C=C(C4=CCCCC4)C=CC32)C2=C(CCC=C2)O1. The van der Waals surface area contributed by atoms with Crippen LogP contribution >= 0.6 is 0 Å². The Hall–Kier alpha value is -4.22. The lowest BCUT2D eigenvalue weighted by atomic mass is 9.48. The number of fused-ring (bicyclic) bond motifs is 8. The molecule has 0 bridgehead atoms. The van der Waals surface area contributed by atoms with Gasteiger partial charge in [-0.25, -0.2) is 0 Å². The van der Waals surface area contributed by atoms with Crippen LogP contribution in [-0.4, -0.2) is 29.3 Å². The highest BCUT2D eigenvalue weighted by Crippen LogP contribution is 2.62. The van der Waals surface area contributed by atoms with E-state index >= 15 is 0 Å². The Labute approximate surface area is 278 Å². The molecule has 5 aliphatic carbocycles. The van der Waals surface area contributed by atoms with E-state index < -0.39 is 0 Å². The third-order valence-electron chi connectivity index (χ3n) is 11.7. The van der Waals surface area contributed by atoms with E-state index in [1.807, 2.05) is 19.1 Å². The Kier molecular flexibility index (Phi) is 7.08. The third-order valence-corrected chi connectivity index (χ3v) is 11.7. The van der Waals surface area contributed by atoms with Gasteiger partial charge in [0.15, 0.2) is 5.76 Å². The van der Waals surface area contributed by atoms with E-state index in [1.54, 1.807) is 0 Å². The normalized spacial score (nSPS) is 36.6. The molecule has 8 unspecified atom stereocenters. The summed E-state index contributed by atoms with van der Waals surface area (Å²) < 4.78 is 20.4. The molecule has 5 nitrogen and oxygen atoms in total. The Morgan fingerprint density at radius 2 is 1.81 bits per heavy atom. The summed E-state index contributed by atoms with van der Waals surface area (Å²) in [7, 11) is 0. The van der Waals surface area contributed by atoms with Crippen LogP contribution in [-0.2, 0) is 14.9 Å². The summed E-state index contributed by atoms with van der Waals surface area (Å²) in [4.78, 5) is 2.29. The van der Waals surface area contributed by atoms with E-state index in [1.165, 1.54) is 36.0 Å². The van der Waals surface area contributed by atoms with Crippen molar-refractivity contribution in [3.8, 4) is 5.75 Å². The Balaban J connectivity index is 1.17. The molecule has 9 rings (SSSR count). The second kappa shape index (κ2) is 11.5. The number of nitrogens with zero attached hydrogens (tertiary/aromatic N) is 1. The molecule has 3 heterocycles. The summed E-state index contributed by atoms with van der Waals surface area (Å²) in [5.41, 5.74) is 11.9. The first-order valence-corrected chi connectivity index (χ1v) is 17.7. The quantitative estimate of drug-likeness (QED) is 0.343. The molecule has 1 aromatic rings. The zero-order valence-electron chi connectivity index (χ0n) is 27.1. The smallest absolute Gasteiger partial charge is 0.166 e. The van der Waals surface area contributed by atoms with Gasteiger partial charge in [-0.15, -0.1) is 0 Å². The van der Waals surface area contributed by atoms with Crippen molar-refractivity contribution in [2.45, 2.75) is 81.6 Å². The van der Waals surface area contributed by atoms with Gasteiger partial charge in [0.1, 0.15) is 23.4 Å². The maximum atomic E-state index is 7.06. The number of benzene rings is 1. The van der Waals surface area contributed by atoms with Gasteiger partial charge in [-0.2, -0.15) is 0 Å². The third kappa shape index (κ3) is 4.46. The molecule has 2 N–H and O–H groups in total. The number of ether oxygens (including phenoxy) is 3. The Bertz CT molecular complexity index is 1780.